The normalized spacial score (nSPS) is 33.6. The van der Waals surface area contributed by atoms with Crippen LogP contribution in [0.3, 0.4) is 0 Å². The van der Waals surface area contributed by atoms with E-state index in [9.17, 15) is 0 Å². The third kappa shape index (κ3) is 3.54. The molecule has 0 aromatic carbocycles. The summed E-state index contributed by atoms with van der Waals surface area (Å²) < 4.78 is 5.93. The number of alkyl halides is 1. The highest BCUT2D eigenvalue weighted by Gasteiger charge is 2.30. The van der Waals surface area contributed by atoms with Crippen molar-refractivity contribution in [3.05, 3.63) is 0 Å². The van der Waals surface area contributed by atoms with Crippen LogP contribution < -0.4 is 0 Å². The average molecular weight is 263 g/mol. The Morgan fingerprint density at radius 2 is 2.07 bits per heavy atom. The van der Waals surface area contributed by atoms with Gasteiger partial charge in [-0.25, -0.2) is 0 Å². The van der Waals surface area contributed by atoms with E-state index in [2.05, 4.69) is 36.7 Å². The van der Waals surface area contributed by atoms with Gasteiger partial charge in [0.2, 0.25) is 0 Å². The van der Waals surface area contributed by atoms with Gasteiger partial charge in [0.1, 0.15) is 0 Å². The van der Waals surface area contributed by atoms with Gasteiger partial charge in [-0.15, -0.1) is 0 Å². The number of hydrogen-bond donors (Lipinski definition) is 0. The van der Waals surface area contributed by atoms with E-state index in [1.807, 2.05) is 0 Å². The van der Waals surface area contributed by atoms with Gasteiger partial charge in [-0.2, -0.15) is 0 Å². The summed E-state index contributed by atoms with van der Waals surface area (Å²) in [5.74, 6) is 2.40. The SMILES string of the molecule is CC(C)C1CC[C@H](C)C[C@@H]1OCCBr. The first-order valence-electron chi connectivity index (χ1n) is 5.82. The summed E-state index contributed by atoms with van der Waals surface area (Å²) in [5, 5.41) is 0.961. The molecule has 0 aromatic rings. The Labute approximate surface area is 96.7 Å². The molecule has 1 nitrogen and oxygen atoms in total. The molecular weight excluding hydrogens is 240 g/mol. The van der Waals surface area contributed by atoms with Crippen molar-refractivity contribution >= 4 is 15.9 Å². The molecule has 1 saturated carbocycles. The third-order valence-corrected chi connectivity index (χ3v) is 3.69. The van der Waals surface area contributed by atoms with Gasteiger partial charge in [0, 0.05) is 5.33 Å². The van der Waals surface area contributed by atoms with Gasteiger partial charge >= 0.3 is 0 Å². The first-order valence-corrected chi connectivity index (χ1v) is 6.94. The third-order valence-electron chi connectivity index (χ3n) is 3.37. The molecule has 1 aliphatic carbocycles. The van der Waals surface area contributed by atoms with Crippen LogP contribution in [0, 0.1) is 17.8 Å². The van der Waals surface area contributed by atoms with Crippen LogP contribution in [0.25, 0.3) is 0 Å². The second-order valence-corrected chi connectivity index (χ2v) is 5.72. The lowest BCUT2D eigenvalue weighted by molar-refractivity contribution is -0.0313. The quantitative estimate of drug-likeness (QED) is 0.700. The van der Waals surface area contributed by atoms with Crippen LogP contribution in [0.5, 0.6) is 0 Å². The van der Waals surface area contributed by atoms with Gasteiger partial charge in [-0.1, -0.05) is 43.1 Å². The van der Waals surface area contributed by atoms with E-state index in [-0.39, 0.29) is 0 Å². The monoisotopic (exact) mass is 262 g/mol. The fourth-order valence-electron chi connectivity index (χ4n) is 2.50. The van der Waals surface area contributed by atoms with E-state index in [0.29, 0.717) is 6.10 Å². The Morgan fingerprint density at radius 1 is 1.36 bits per heavy atom. The molecule has 84 valence electrons. The Hall–Kier alpha value is 0.440. The van der Waals surface area contributed by atoms with E-state index in [1.165, 1.54) is 19.3 Å². The summed E-state index contributed by atoms with van der Waals surface area (Å²) in [5.41, 5.74) is 0. The number of ether oxygens (including phenoxy) is 1. The predicted octanol–water partition coefficient (Wildman–Crippen LogP) is 3.86. The predicted molar refractivity (Wildman–Crippen MR) is 64.9 cm³/mol. The smallest absolute Gasteiger partial charge is 0.0608 e. The molecule has 0 bridgehead atoms. The standard InChI is InChI=1S/C12H23BrO/c1-9(2)11-5-4-10(3)8-12(11)14-7-6-13/h9-12H,4-8H2,1-3H3/t10-,11?,12-/m0/s1. The minimum atomic E-state index is 0.510. The first kappa shape index (κ1) is 12.5. The molecule has 0 N–H and O–H groups in total. The van der Waals surface area contributed by atoms with E-state index in [0.717, 1.165) is 29.7 Å². The van der Waals surface area contributed by atoms with Crippen LogP contribution in [0.2, 0.25) is 0 Å². The van der Waals surface area contributed by atoms with Crippen LogP contribution in [-0.2, 0) is 4.74 Å². The van der Waals surface area contributed by atoms with E-state index < -0.39 is 0 Å². The van der Waals surface area contributed by atoms with Crippen LogP contribution in [0.4, 0.5) is 0 Å². The van der Waals surface area contributed by atoms with Crippen molar-refractivity contribution in [1.29, 1.82) is 0 Å². The molecule has 0 amide bonds. The van der Waals surface area contributed by atoms with Crippen molar-refractivity contribution in [2.24, 2.45) is 17.8 Å². The largest absolute Gasteiger partial charge is 0.377 e. The van der Waals surface area contributed by atoms with Gasteiger partial charge in [-0.3, -0.25) is 0 Å². The van der Waals surface area contributed by atoms with Crippen molar-refractivity contribution in [2.75, 3.05) is 11.9 Å². The molecule has 2 heteroatoms. The van der Waals surface area contributed by atoms with Gasteiger partial charge in [-0.05, 0) is 30.6 Å². The average Bonchev–Trinajstić information content (AvgIpc) is 2.14. The molecule has 1 fully saturated rings. The Kier molecular flexibility index (Phi) is 5.47. The van der Waals surface area contributed by atoms with Crippen LogP contribution in [0.15, 0.2) is 0 Å². The number of hydrogen-bond acceptors (Lipinski definition) is 1. The first-order chi connectivity index (χ1) is 6.65. The fourth-order valence-corrected chi connectivity index (χ4v) is 2.69. The summed E-state index contributed by atoms with van der Waals surface area (Å²) >= 11 is 3.42. The zero-order chi connectivity index (χ0) is 10.6. The summed E-state index contributed by atoms with van der Waals surface area (Å²) in [7, 11) is 0. The van der Waals surface area contributed by atoms with Crippen molar-refractivity contribution < 1.29 is 4.74 Å². The van der Waals surface area contributed by atoms with Crippen molar-refractivity contribution in [1.82, 2.24) is 0 Å². The Morgan fingerprint density at radius 3 is 2.64 bits per heavy atom. The molecule has 3 atom stereocenters. The molecular formula is C12H23BrO. The highest BCUT2D eigenvalue weighted by Crippen LogP contribution is 2.35. The molecule has 14 heavy (non-hydrogen) atoms. The van der Waals surface area contributed by atoms with Crippen molar-refractivity contribution in [3.63, 3.8) is 0 Å². The van der Waals surface area contributed by atoms with Gasteiger partial charge < -0.3 is 4.74 Å². The minimum absolute atomic E-state index is 0.510. The maximum absolute atomic E-state index is 5.93. The molecule has 1 unspecified atom stereocenters. The lowest BCUT2D eigenvalue weighted by Gasteiger charge is -2.37. The van der Waals surface area contributed by atoms with Crippen LogP contribution >= 0.6 is 15.9 Å². The van der Waals surface area contributed by atoms with Gasteiger partial charge in [0.05, 0.1) is 12.7 Å². The van der Waals surface area contributed by atoms with Crippen LogP contribution in [0.1, 0.15) is 40.0 Å². The van der Waals surface area contributed by atoms with E-state index in [1.54, 1.807) is 0 Å². The Balaban J connectivity index is 2.45. The summed E-state index contributed by atoms with van der Waals surface area (Å²) in [4.78, 5) is 0. The zero-order valence-electron chi connectivity index (χ0n) is 9.63. The highest BCUT2D eigenvalue weighted by atomic mass is 79.9. The van der Waals surface area contributed by atoms with E-state index >= 15 is 0 Å². The van der Waals surface area contributed by atoms with Crippen molar-refractivity contribution in [3.8, 4) is 0 Å². The summed E-state index contributed by atoms with van der Waals surface area (Å²) in [6, 6.07) is 0. The number of halogens is 1. The highest BCUT2D eigenvalue weighted by molar-refractivity contribution is 9.09. The molecule has 0 spiro atoms. The topological polar surface area (TPSA) is 9.23 Å². The summed E-state index contributed by atoms with van der Waals surface area (Å²) in [6.45, 7) is 7.86. The molecule has 1 aliphatic rings. The summed E-state index contributed by atoms with van der Waals surface area (Å²) in [6.07, 6.45) is 4.51. The lowest BCUT2D eigenvalue weighted by Crippen LogP contribution is -2.34. The van der Waals surface area contributed by atoms with Gasteiger partial charge in [0.25, 0.3) is 0 Å². The zero-order valence-corrected chi connectivity index (χ0v) is 11.2. The lowest BCUT2D eigenvalue weighted by atomic mass is 9.75. The maximum atomic E-state index is 5.93. The molecule has 1 rings (SSSR count). The number of rotatable bonds is 4. The van der Waals surface area contributed by atoms with Crippen molar-refractivity contribution in [2.45, 2.75) is 46.1 Å². The fraction of sp³-hybridized carbons (Fsp3) is 1.00. The molecule has 0 aliphatic heterocycles. The van der Waals surface area contributed by atoms with Crippen LogP contribution in [-0.4, -0.2) is 18.0 Å². The molecule has 0 heterocycles. The molecule has 0 radical (unpaired) electrons. The van der Waals surface area contributed by atoms with E-state index in [4.69, 9.17) is 4.74 Å². The van der Waals surface area contributed by atoms with Gasteiger partial charge in [0.15, 0.2) is 0 Å². The molecule has 0 saturated heterocycles. The second kappa shape index (κ2) is 6.12. The maximum Gasteiger partial charge on any atom is 0.0608 e. The second-order valence-electron chi connectivity index (χ2n) is 4.92. The minimum Gasteiger partial charge on any atom is -0.377 e. The Bertz CT molecular complexity index is 158. The molecule has 0 aromatic heterocycles.